The zero-order valence-corrected chi connectivity index (χ0v) is 20.6. The van der Waals surface area contributed by atoms with Crippen molar-refractivity contribution in [2.75, 3.05) is 0 Å². The number of halogens is 2. The Morgan fingerprint density at radius 2 is 1.35 bits per heavy atom. The average Bonchev–Trinajstić information content (AvgIpc) is 2.73. The molecule has 31 heavy (non-hydrogen) atoms. The van der Waals surface area contributed by atoms with Gasteiger partial charge in [-0.15, -0.1) is 0 Å². The number of rotatable bonds is 5. The van der Waals surface area contributed by atoms with Crippen molar-refractivity contribution >= 4 is 5.57 Å². The van der Waals surface area contributed by atoms with Gasteiger partial charge >= 0.3 is 0 Å². The molecule has 2 aliphatic rings. The van der Waals surface area contributed by atoms with Crippen molar-refractivity contribution in [2.24, 2.45) is 17.8 Å². The summed E-state index contributed by atoms with van der Waals surface area (Å²) in [6.45, 7) is 13.9. The topological polar surface area (TPSA) is 0 Å². The Hall–Kier alpha value is -1.44. The molecular formula is C29H42F2. The second-order valence-electron chi connectivity index (χ2n) is 10.6. The average molecular weight is 429 g/mol. The van der Waals surface area contributed by atoms with Crippen molar-refractivity contribution in [3.05, 3.63) is 51.6 Å². The highest BCUT2D eigenvalue weighted by atomic mass is 19.3. The van der Waals surface area contributed by atoms with Gasteiger partial charge < -0.3 is 0 Å². The fourth-order valence-corrected chi connectivity index (χ4v) is 6.38. The van der Waals surface area contributed by atoms with Crippen LogP contribution in [0.3, 0.4) is 0 Å². The molecule has 2 aliphatic carbocycles. The van der Waals surface area contributed by atoms with Gasteiger partial charge in [-0.3, -0.25) is 0 Å². The molecular weight excluding hydrogens is 386 g/mol. The molecule has 0 heterocycles. The first-order chi connectivity index (χ1) is 14.7. The van der Waals surface area contributed by atoms with E-state index in [2.05, 4.69) is 47.6 Å². The molecule has 1 aromatic rings. The fraction of sp³-hybridized carbons (Fsp3) is 0.655. The third-order valence-electron chi connectivity index (χ3n) is 8.48. The van der Waals surface area contributed by atoms with E-state index in [1.807, 2.05) is 0 Å². The smallest absolute Gasteiger partial charge is 0.174 e. The molecule has 1 aromatic carbocycles. The minimum Gasteiger partial charge on any atom is -0.174 e. The minimum atomic E-state index is -1.53. The van der Waals surface area contributed by atoms with Crippen LogP contribution in [0.5, 0.6) is 0 Å². The van der Waals surface area contributed by atoms with E-state index in [1.165, 1.54) is 59.1 Å². The molecule has 0 radical (unpaired) electrons. The zero-order valence-electron chi connectivity index (χ0n) is 20.6. The van der Waals surface area contributed by atoms with Gasteiger partial charge in [0, 0.05) is 0 Å². The molecule has 0 aromatic heterocycles. The molecule has 0 atom stereocenters. The first-order valence-electron chi connectivity index (χ1n) is 12.5. The maximum atomic E-state index is 12.5. The molecule has 3 rings (SSSR count). The largest absolute Gasteiger partial charge is 0.266 e. The first kappa shape index (κ1) is 24.2. The van der Waals surface area contributed by atoms with Gasteiger partial charge in [-0.1, -0.05) is 25.8 Å². The van der Waals surface area contributed by atoms with Gasteiger partial charge in [0.15, 0.2) is 0 Å². The molecule has 0 spiro atoms. The van der Waals surface area contributed by atoms with Crippen molar-refractivity contribution in [3.63, 3.8) is 0 Å². The molecule has 2 heteroatoms. The van der Waals surface area contributed by atoms with Gasteiger partial charge in [0.1, 0.15) is 0 Å². The molecule has 0 nitrogen and oxygen atoms in total. The Morgan fingerprint density at radius 3 is 1.87 bits per heavy atom. The molecule has 0 aliphatic heterocycles. The second-order valence-corrected chi connectivity index (χ2v) is 10.6. The summed E-state index contributed by atoms with van der Waals surface area (Å²) in [6, 6.07) is 0. The van der Waals surface area contributed by atoms with Crippen LogP contribution in [-0.2, 0) is 0 Å². The van der Waals surface area contributed by atoms with Gasteiger partial charge in [0.25, 0.3) is 6.08 Å². The van der Waals surface area contributed by atoms with Crippen LogP contribution in [0.4, 0.5) is 8.78 Å². The van der Waals surface area contributed by atoms with Gasteiger partial charge in [0.2, 0.25) is 0 Å². The Labute approximate surface area is 189 Å². The quantitative estimate of drug-likeness (QED) is 0.438. The monoisotopic (exact) mass is 428 g/mol. The van der Waals surface area contributed by atoms with Gasteiger partial charge in [0.05, 0.1) is 0 Å². The Balaban J connectivity index is 1.81. The summed E-state index contributed by atoms with van der Waals surface area (Å²) >= 11 is 0. The molecule has 172 valence electrons. The summed E-state index contributed by atoms with van der Waals surface area (Å²) in [5.41, 5.74) is 10.3. The van der Waals surface area contributed by atoms with E-state index >= 15 is 0 Å². The number of hydrogen-bond acceptors (Lipinski definition) is 0. The van der Waals surface area contributed by atoms with Gasteiger partial charge in [-0.2, -0.15) is 8.78 Å². The van der Waals surface area contributed by atoms with Crippen molar-refractivity contribution in [2.45, 2.75) is 105 Å². The Bertz CT molecular complexity index is 796. The van der Waals surface area contributed by atoms with Crippen molar-refractivity contribution in [1.82, 2.24) is 0 Å². The molecule has 0 N–H and O–H groups in total. The van der Waals surface area contributed by atoms with E-state index in [0.29, 0.717) is 18.3 Å². The first-order valence-corrected chi connectivity index (χ1v) is 12.5. The highest BCUT2D eigenvalue weighted by molar-refractivity contribution is 5.73. The minimum absolute atomic E-state index is 0.420. The maximum Gasteiger partial charge on any atom is 0.266 e. The highest BCUT2D eigenvalue weighted by Gasteiger charge is 2.27. The summed E-state index contributed by atoms with van der Waals surface area (Å²) in [7, 11) is 0. The van der Waals surface area contributed by atoms with E-state index in [4.69, 9.17) is 0 Å². The maximum absolute atomic E-state index is 12.5. The lowest BCUT2D eigenvalue weighted by Gasteiger charge is -2.32. The third kappa shape index (κ3) is 5.68. The number of allylic oxidation sites excluding steroid dienone is 3. The second kappa shape index (κ2) is 10.5. The molecule has 0 bridgehead atoms. The van der Waals surface area contributed by atoms with Gasteiger partial charge in [-0.25, -0.2) is 0 Å². The van der Waals surface area contributed by atoms with Crippen molar-refractivity contribution in [1.29, 1.82) is 0 Å². The predicted octanol–water partition coefficient (Wildman–Crippen LogP) is 9.59. The lowest BCUT2D eigenvalue weighted by Crippen LogP contribution is -2.16. The fourth-order valence-electron chi connectivity index (χ4n) is 6.38. The Kier molecular flexibility index (Phi) is 8.16. The van der Waals surface area contributed by atoms with E-state index in [1.54, 1.807) is 5.56 Å². The summed E-state index contributed by atoms with van der Waals surface area (Å²) in [5, 5.41) is 0. The van der Waals surface area contributed by atoms with E-state index in [0.717, 1.165) is 43.6 Å². The van der Waals surface area contributed by atoms with Crippen LogP contribution < -0.4 is 0 Å². The van der Waals surface area contributed by atoms with Crippen LogP contribution in [0.1, 0.15) is 111 Å². The standard InChI is InChI=1S/C29H42F2/c1-18-7-9-25(10-8-18)17-19(2)28-20(3)22(5)29(23(6)21(28)4)26-14-11-24(12-15-26)13-16-27(30)31/h16-18,24-26H,7-15H2,1-6H3. The Morgan fingerprint density at radius 1 is 0.806 bits per heavy atom. The highest BCUT2D eigenvalue weighted by Crippen LogP contribution is 2.43. The summed E-state index contributed by atoms with van der Waals surface area (Å²) in [5.74, 6) is 2.61. The van der Waals surface area contributed by atoms with Crippen molar-refractivity contribution in [3.8, 4) is 0 Å². The van der Waals surface area contributed by atoms with Crippen molar-refractivity contribution < 1.29 is 8.78 Å². The van der Waals surface area contributed by atoms with E-state index in [-0.39, 0.29) is 0 Å². The molecule has 2 saturated carbocycles. The predicted molar refractivity (Wildman–Crippen MR) is 130 cm³/mol. The summed E-state index contributed by atoms with van der Waals surface area (Å²) in [4.78, 5) is 0. The summed E-state index contributed by atoms with van der Waals surface area (Å²) in [6.07, 6.45) is 12.4. The lowest BCUT2D eigenvalue weighted by molar-refractivity contribution is 0.321. The van der Waals surface area contributed by atoms with Crippen LogP contribution in [0.15, 0.2) is 18.2 Å². The molecule has 0 saturated heterocycles. The van der Waals surface area contributed by atoms with Crippen LogP contribution >= 0.6 is 0 Å². The normalized spacial score (nSPS) is 27.3. The number of hydrogen-bond donors (Lipinski definition) is 0. The van der Waals surface area contributed by atoms with Crippen LogP contribution in [0, 0.1) is 45.4 Å². The van der Waals surface area contributed by atoms with Crippen LogP contribution in [0.2, 0.25) is 0 Å². The SMILES string of the molecule is CC(=CC1CCC(C)CC1)c1c(C)c(C)c(C2CCC(CC=C(F)F)CC2)c(C)c1C. The van der Waals surface area contributed by atoms with Crippen LogP contribution in [0.25, 0.3) is 5.57 Å². The van der Waals surface area contributed by atoms with Gasteiger partial charge in [-0.05, 0) is 148 Å². The van der Waals surface area contributed by atoms with E-state index in [9.17, 15) is 8.78 Å². The number of benzene rings is 1. The van der Waals surface area contributed by atoms with Crippen LogP contribution in [-0.4, -0.2) is 0 Å². The molecule has 0 unspecified atom stereocenters. The molecule has 0 amide bonds. The lowest BCUT2D eigenvalue weighted by atomic mass is 9.73. The molecule has 2 fully saturated rings. The zero-order chi connectivity index (χ0) is 22.7. The van der Waals surface area contributed by atoms with E-state index < -0.39 is 6.08 Å². The summed E-state index contributed by atoms with van der Waals surface area (Å²) < 4.78 is 24.9. The third-order valence-corrected chi connectivity index (χ3v) is 8.48.